The Balaban J connectivity index is 0.00000208. The molecule has 1 unspecified atom stereocenters. The third kappa shape index (κ3) is 7.56. The highest BCUT2D eigenvalue weighted by atomic mass is 35.5. The molecule has 1 aromatic rings. The number of ether oxygens (including phenoxy) is 1. The van der Waals surface area contributed by atoms with Crippen molar-refractivity contribution in [3.63, 3.8) is 0 Å². The predicted octanol–water partition coefficient (Wildman–Crippen LogP) is 1.63. The van der Waals surface area contributed by atoms with Crippen LogP contribution in [0.4, 0.5) is 5.69 Å². The van der Waals surface area contributed by atoms with E-state index in [1.54, 1.807) is 0 Å². The molecule has 2 aliphatic heterocycles. The number of morpholine rings is 1. The number of rotatable bonds is 4. The van der Waals surface area contributed by atoms with Crippen LogP contribution in [0.25, 0.3) is 0 Å². The SMILES string of the molecule is CN1CCN(Cc2cccc(NC(=O)C3CNCCO3)c2)CC1.Cl.Cl.Cl. The number of nitrogens with zero attached hydrogens (tertiary/aromatic N) is 2. The number of anilines is 1. The van der Waals surface area contributed by atoms with Crippen LogP contribution in [0.3, 0.4) is 0 Å². The largest absolute Gasteiger partial charge is 0.366 e. The van der Waals surface area contributed by atoms with Crippen LogP contribution in [0.1, 0.15) is 5.56 Å². The molecule has 0 spiro atoms. The standard InChI is InChI=1S/C17H26N4O2.3ClH/c1-20-6-8-21(9-7-20)13-14-3-2-4-15(11-14)19-17(22)16-12-18-5-10-23-16;;;/h2-4,11,16,18H,5-10,12-13H2,1H3,(H,19,22);3*1H. The number of hydrogen-bond acceptors (Lipinski definition) is 5. The quantitative estimate of drug-likeness (QED) is 0.765. The number of likely N-dealkylation sites (N-methyl/N-ethyl adjacent to an activating group) is 1. The summed E-state index contributed by atoms with van der Waals surface area (Å²) in [6.07, 6.45) is -0.398. The van der Waals surface area contributed by atoms with Gasteiger partial charge in [-0.15, -0.1) is 37.2 Å². The molecule has 2 aliphatic rings. The van der Waals surface area contributed by atoms with Crippen LogP contribution in [-0.2, 0) is 16.1 Å². The average Bonchev–Trinajstić information content (AvgIpc) is 2.58. The van der Waals surface area contributed by atoms with Crippen LogP contribution >= 0.6 is 37.2 Å². The lowest BCUT2D eigenvalue weighted by atomic mass is 10.1. The van der Waals surface area contributed by atoms with Crippen molar-refractivity contribution in [1.82, 2.24) is 15.1 Å². The molecular formula is C17H29Cl3N4O2. The normalized spacial score (nSPS) is 20.9. The number of carbonyl (C=O) groups is 1. The van der Waals surface area contributed by atoms with Crippen LogP contribution < -0.4 is 10.6 Å². The predicted molar refractivity (Wildman–Crippen MR) is 112 cm³/mol. The summed E-state index contributed by atoms with van der Waals surface area (Å²) in [6, 6.07) is 8.11. The molecule has 26 heavy (non-hydrogen) atoms. The van der Waals surface area contributed by atoms with Gasteiger partial charge in [0.05, 0.1) is 6.61 Å². The smallest absolute Gasteiger partial charge is 0.254 e. The maximum Gasteiger partial charge on any atom is 0.254 e. The van der Waals surface area contributed by atoms with E-state index in [-0.39, 0.29) is 43.1 Å². The van der Waals surface area contributed by atoms with Crippen molar-refractivity contribution in [2.45, 2.75) is 12.6 Å². The lowest BCUT2D eigenvalue weighted by Gasteiger charge is -2.32. The molecule has 0 bridgehead atoms. The second-order valence-electron chi connectivity index (χ2n) is 6.33. The van der Waals surface area contributed by atoms with Gasteiger partial charge in [-0.3, -0.25) is 9.69 Å². The van der Waals surface area contributed by atoms with Crippen molar-refractivity contribution in [3.8, 4) is 0 Å². The second-order valence-corrected chi connectivity index (χ2v) is 6.33. The second kappa shape index (κ2) is 12.7. The van der Waals surface area contributed by atoms with Crippen LogP contribution in [0.15, 0.2) is 24.3 Å². The minimum atomic E-state index is -0.398. The number of benzene rings is 1. The Kier molecular flexibility index (Phi) is 12.4. The van der Waals surface area contributed by atoms with Crippen molar-refractivity contribution >= 4 is 48.8 Å². The fraction of sp³-hybridized carbons (Fsp3) is 0.588. The molecule has 1 aromatic carbocycles. The summed E-state index contributed by atoms with van der Waals surface area (Å²) in [5.41, 5.74) is 2.07. The fourth-order valence-electron chi connectivity index (χ4n) is 2.97. The van der Waals surface area contributed by atoms with Gasteiger partial charge in [0.2, 0.25) is 0 Å². The first-order valence-electron chi connectivity index (χ1n) is 8.34. The maximum atomic E-state index is 12.2. The third-order valence-corrected chi connectivity index (χ3v) is 4.42. The zero-order chi connectivity index (χ0) is 16.1. The first-order chi connectivity index (χ1) is 11.2. The highest BCUT2D eigenvalue weighted by Gasteiger charge is 2.21. The Morgan fingerprint density at radius 3 is 2.62 bits per heavy atom. The molecule has 6 nitrogen and oxygen atoms in total. The zero-order valence-electron chi connectivity index (χ0n) is 15.0. The minimum absolute atomic E-state index is 0. The van der Waals surface area contributed by atoms with Gasteiger partial charge in [0.15, 0.2) is 0 Å². The lowest BCUT2D eigenvalue weighted by Crippen LogP contribution is -2.45. The Morgan fingerprint density at radius 1 is 1.23 bits per heavy atom. The number of carbonyl (C=O) groups excluding carboxylic acids is 1. The third-order valence-electron chi connectivity index (χ3n) is 4.42. The fourth-order valence-corrected chi connectivity index (χ4v) is 2.97. The van der Waals surface area contributed by atoms with E-state index < -0.39 is 6.10 Å². The molecule has 2 N–H and O–H groups in total. The van der Waals surface area contributed by atoms with Gasteiger partial charge in [-0.05, 0) is 24.7 Å². The van der Waals surface area contributed by atoms with Gasteiger partial charge in [-0.1, -0.05) is 12.1 Å². The molecule has 0 saturated carbocycles. The van der Waals surface area contributed by atoms with E-state index in [1.807, 2.05) is 12.1 Å². The van der Waals surface area contributed by atoms with Gasteiger partial charge in [0, 0.05) is 51.5 Å². The van der Waals surface area contributed by atoms with Crippen LogP contribution in [0.2, 0.25) is 0 Å². The van der Waals surface area contributed by atoms with Gasteiger partial charge in [0.1, 0.15) is 6.10 Å². The van der Waals surface area contributed by atoms with E-state index in [0.29, 0.717) is 13.2 Å². The van der Waals surface area contributed by atoms with Crippen molar-refractivity contribution in [2.24, 2.45) is 0 Å². The number of hydrogen-bond donors (Lipinski definition) is 2. The maximum absolute atomic E-state index is 12.2. The van der Waals surface area contributed by atoms with Gasteiger partial charge in [0.25, 0.3) is 5.91 Å². The molecule has 2 fully saturated rings. The zero-order valence-corrected chi connectivity index (χ0v) is 17.4. The number of amides is 1. The molecule has 150 valence electrons. The Hall–Kier alpha value is -0.600. The summed E-state index contributed by atoms with van der Waals surface area (Å²) < 4.78 is 5.49. The Labute approximate surface area is 174 Å². The van der Waals surface area contributed by atoms with Crippen LogP contribution in [0.5, 0.6) is 0 Å². The summed E-state index contributed by atoms with van der Waals surface area (Å²) >= 11 is 0. The van der Waals surface area contributed by atoms with E-state index in [0.717, 1.165) is 45.0 Å². The van der Waals surface area contributed by atoms with E-state index >= 15 is 0 Å². The molecule has 2 saturated heterocycles. The first-order valence-corrected chi connectivity index (χ1v) is 8.34. The molecular weight excluding hydrogens is 399 g/mol. The highest BCUT2D eigenvalue weighted by Crippen LogP contribution is 2.14. The number of halogens is 3. The summed E-state index contributed by atoms with van der Waals surface area (Å²) in [7, 11) is 2.16. The molecule has 0 radical (unpaired) electrons. The molecule has 0 aliphatic carbocycles. The highest BCUT2D eigenvalue weighted by molar-refractivity contribution is 5.94. The van der Waals surface area contributed by atoms with Crippen molar-refractivity contribution in [2.75, 3.05) is 58.2 Å². The monoisotopic (exact) mass is 426 g/mol. The van der Waals surface area contributed by atoms with Crippen molar-refractivity contribution < 1.29 is 9.53 Å². The van der Waals surface area contributed by atoms with Gasteiger partial charge < -0.3 is 20.3 Å². The summed E-state index contributed by atoms with van der Waals surface area (Å²) in [5.74, 6) is -0.0750. The van der Waals surface area contributed by atoms with Gasteiger partial charge in [-0.2, -0.15) is 0 Å². The number of piperazine rings is 1. The van der Waals surface area contributed by atoms with Gasteiger partial charge in [-0.25, -0.2) is 0 Å². The van der Waals surface area contributed by atoms with E-state index in [1.165, 1.54) is 5.56 Å². The first kappa shape index (κ1) is 25.4. The molecule has 2 heterocycles. The van der Waals surface area contributed by atoms with E-state index in [2.05, 4.69) is 39.6 Å². The van der Waals surface area contributed by atoms with Crippen LogP contribution in [-0.4, -0.2) is 74.7 Å². The van der Waals surface area contributed by atoms with Gasteiger partial charge >= 0.3 is 0 Å². The topological polar surface area (TPSA) is 56.8 Å². The molecule has 0 aromatic heterocycles. The van der Waals surface area contributed by atoms with Crippen molar-refractivity contribution in [1.29, 1.82) is 0 Å². The van der Waals surface area contributed by atoms with E-state index in [4.69, 9.17) is 4.74 Å². The Morgan fingerprint density at radius 2 is 1.96 bits per heavy atom. The summed E-state index contributed by atoms with van der Waals surface area (Å²) in [6.45, 7) is 7.31. The molecule has 3 rings (SSSR count). The number of nitrogens with one attached hydrogen (secondary N) is 2. The van der Waals surface area contributed by atoms with Crippen molar-refractivity contribution in [3.05, 3.63) is 29.8 Å². The van der Waals surface area contributed by atoms with Crippen LogP contribution in [0, 0.1) is 0 Å². The summed E-state index contributed by atoms with van der Waals surface area (Å²) in [5, 5.41) is 6.14. The molecule has 1 amide bonds. The minimum Gasteiger partial charge on any atom is -0.366 e. The lowest BCUT2D eigenvalue weighted by molar-refractivity contribution is -0.128. The molecule has 9 heteroatoms. The van der Waals surface area contributed by atoms with E-state index in [9.17, 15) is 4.79 Å². The average molecular weight is 428 g/mol. The Bertz CT molecular complexity index is 536. The summed E-state index contributed by atoms with van der Waals surface area (Å²) in [4.78, 5) is 17.0. The molecule has 1 atom stereocenters.